The number of hydrogen-bond donors (Lipinski definition) is 0. The molecule has 1 saturated carbocycles. The summed E-state index contributed by atoms with van der Waals surface area (Å²) >= 11 is 0. The molecule has 86 valence electrons. The number of esters is 1. The monoisotopic (exact) mass is 220 g/mol. The molecule has 0 bridgehead atoms. The minimum atomic E-state index is -0.183. The molecule has 2 fully saturated rings. The summed E-state index contributed by atoms with van der Waals surface area (Å²) in [4.78, 5) is 23.2. The zero-order valence-corrected chi connectivity index (χ0v) is 9.49. The minimum Gasteiger partial charge on any atom is -0.431 e. The summed E-state index contributed by atoms with van der Waals surface area (Å²) in [6.07, 6.45) is 5.75. The molecule has 0 aromatic heterocycles. The van der Waals surface area contributed by atoms with Gasteiger partial charge in [-0.2, -0.15) is 0 Å². The lowest BCUT2D eigenvalue weighted by atomic mass is 9.65. The van der Waals surface area contributed by atoms with E-state index in [1.807, 2.05) is 6.08 Å². The van der Waals surface area contributed by atoms with Gasteiger partial charge >= 0.3 is 5.97 Å². The average molecular weight is 220 g/mol. The van der Waals surface area contributed by atoms with E-state index in [1.54, 1.807) is 0 Å². The van der Waals surface area contributed by atoms with E-state index in [9.17, 15) is 9.59 Å². The Bertz CT molecular complexity index is 396. The molecule has 0 N–H and O–H groups in total. The van der Waals surface area contributed by atoms with E-state index in [0.717, 1.165) is 25.0 Å². The molecule has 0 spiro atoms. The standard InChI is InChI=1S/C13H16O3/c1-13-7-6-10-8(2-5-12(15)16-10)9(13)3-4-11(13)14/h6,8-9H,2-5,7H2,1H3/t8-,9-,13-/m0/s1. The highest BCUT2D eigenvalue weighted by molar-refractivity contribution is 5.87. The van der Waals surface area contributed by atoms with E-state index in [1.165, 1.54) is 0 Å². The van der Waals surface area contributed by atoms with Crippen LogP contribution in [-0.2, 0) is 14.3 Å². The number of carbonyl (C=O) groups excluding carboxylic acids is 2. The van der Waals surface area contributed by atoms with Crippen molar-refractivity contribution in [1.82, 2.24) is 0 Å². The van der Waals surface area contributed by atoms with Crippen LogP contribution in [0.4, 0.5) is 0 Å². The molecule has 16 heavy (non-hydrogen) atoms. The molecule has 0 unspecified atom stereocenters. The van der Waals surface area contributed by atoms with E-state index in [2.05, 4.69) is 6.92 Å². The normalized spacial score (nSPS) is 42.2. The van der Waals surface area contributed by atoms with Crippen LogP contribution in [0.1, 0.15) is 39.0 Å². The fourth-order valence-corrected chi connectivity index (χ4v) is 3.59. The number of Topliss-reactive ketones (excluding diaryl/α,β-unsaturated/α-hetero) is 1. The molecule has 3 rings (SSSR count). The van der Waals surface area contributed by atoms with Gasteiger partial charge < -0.3 is 4.74 Å². The van der Waals surface area contributed by atoms with Crippen LogP contribution in [0.25, 0.3) is 0 Å². The third kappa shape index (κ3) is 1.20. The van der Waals surface area contributed by atoms with Gasteiger partial charge in [0.1, 0.15) is 11.5 Å². The zero-order chi connectivity index (χ0) is 11.3. The average Bonchev–Trinajstić information content (AvgIpc) is 2.56. The maximum atomic E-state index is 11.9. The van der Waals surface area contributed by atoms with Crippen molar-refractivity contribution in [3.05, 3.63) is 11.8 Å². The number of ketones is 1. The SMILES string of the molecule is C[C@]12CC=C3OC(=O)CC[C@H]3[C@@H]1CCC2=O. The van der Waals surface area contributed by atoms with Gasteiger partial charge in [-0.3, -0.25) is 9.59 Å². The van der Waals surface area contributed by atoms with Crippen LogP contribution in [0.2, 0.25) is 0 Å². The van der Waals surface area contributed by atoms with Crippen molar-refractivity contribution in [2.24, 2.45) is 17.3 Å². The minimum absolute atomic E-state index is 0.115. The predicted molar refractivity (Wildman–Crippen MR) is 57.4 cm³/mol. The number of ether oxygens (including phenoxy) is 1. The van der Waals surface area contributed by atoms with Crippen LogP contribution in [0.15, 0.2) is 11.8 Å². The summed E-state index contributed by atoms with van der Waals surface area (Å²) in [7, 11) is 0. The van der Waals surface area contributed by atoms with Crippen LogP contribution in [0, 0.1) is 17.3 Å². The molecule has 1 heterocycles. The zero-order valence-electron chi connectivity index (χ0n) is 9.49. The first-order valence-electron chi connectivity index (χ1n) is 6.05. The second kappa shape index (κ2) is 3.19. The summed E-state index contributed by atoms with van der Waals surface area (Å²) in [6, 6.07) is 0. The Morgan fingerprint density at radius 2 is 2.12 bits per heavy atom. The first-order chi connectivity index (χ1) is 7.61. The van der Waals surface area contributed by atoms with E-state index >= 15 is 0 Å². The van der Waals surface area contributed by atoms with Crippen LogP contribution >= 0.6 is 0 Å². The van der Waals surface area contributed by atoms with Crippen molar-refractivity contribution in [3.8, 4) is 0 Å². The second-order valence-electron chi connectivity index (χ2n) is 5.42. The van der Waals surface area contributed by atoms with Crippen molar-refractivity contribution < 1.29 is 14.3 Å². The Morgan fingerprint density at radius 3 is 2.94 bits per heavy atom. The lowest BCUT2D eigenvalue weighted by Crippen LogP contribution is -2.39. The van der Waals surface area contributed by atoms with Gasteiger partial charge in [0.2, 0.25) is 0 Å². The predicted octanol–water partition coefficient (Wildman–Crippen LogP) is 2.21. The fourth-order valence-electron chi connectivity index (χ4n) is 3.59. The molecule has 3 nitrogen and oxygen atoms in total. The van der Waals surface area contributed by atoms with Crippen LogP contribution in [0.3, 0.4) is 0 Å². The number of allylic oxidation sites excluding steroid dienone is 2. The quantitative estimate of drug-likeness (QED) is 0.588. The summed E-state index contributed by atoms with van der Waals surface area (Å²) in [5, 5.41) is 0. The van der Waals surface area contributed by atoms with Crippen LogP contribution < -0.4 is 0 Å². The molecule has 1 saturated heterocycles. The van der Waals surface area contributed by atoms with Crippen molar-refractivity contribution >= 4 is 11.8 Å². The molecule has 0 aromatic carbocycles. The smallest absolute Gasteiger partial charge is 0.310 e. The van der Waals surface area contributed by atoms with Crippen molar-refractivity contribution in [1.29, 1.82) is 0 Å². The maximum absolute atomic E-state index is 11.9. The first-order valence-corrected chi connectivity index (χ1v) is 6.05. The maximum Gasteiger partial charge on any atom is 0.310 e. The number of rotatable bonds is 0. The largest absolute Gasteiger partial charge is 0.431 e. The number of fused-ring (bicyclic) bond motifs is 3. The molecule has 3 aliphatic rings. The van der Waals surface area contributed by atoms with Crippen LogP contribution in [-0.4, -0.2) is 11.8 Å². The lowest BCUT2D eigenvalue weighted by molar-refractivity contribution is -0.145. The molecule has 3 atom stereocenters. The molecule has 0 amide bonds. The molecular formula is C13H16O3. The third-order valence-corrected chi connectivity index (χ3v) is 4.61. The van der Waals surface area contributed by atoms with Crippen molar-refractivity contribution in [3.63, 3.8) is 0 Å². The first kappa shape index (κ1) is 10.1. The lowest BCUT2D eigenvalue weighted by Gasteiger charge is -2.41. The molecule has 2 aliphatic carbocycles. The molecule has 0 radical (unpaired) electrons. The molecule has 0 aromatic rings. The Kier molecular flexibility index (Phi) is 2.00. The Labute approximate surface area is 94.8 Å². The van der Waals surface area contributed by atoms with Gasteiger partial charge in [0, 0.05) is 24.2 Å². The van der Waals surface area contributed by atoms with E-state index < -0.39 is 0 Å². The highest BCUT2D eigenvalue weighted by atomic mass is 16.5. The van der Waals surface area contributed by atoms with E-state index in [0.29, 0.717) is 30.5 Å². The van der Waals surface area contributed by atoms with Gasteiger partial charge in [0.05, 0.1) is 0 Å². The third-order valence-electron chi connectivity index (χ3n) is 4.61. The second-order valence-corrected chi connectivity index (χ2v) is 5.42. The Morgan fingerprint density at radius 1 is 1.31 bits per heavy atom. The van der Waals surface area contributed by atoms with Crippen molar-refractivity contribution in [2.75, 3.05) is 0 Å². The van der Waals surface area contributed by atoms with Gasteiger partial charge in [-0.15, -0.1) is 0 Å². The Hall–Kier alpha value is -1.12. The highest BCUT2D eigenvalue weighted by Crippen LogP contribution is 2.54. The van der Waals surface area contributed by atoms with Gasteiger partial charge in [-0.25, -0.2) is 0 Å². The summed E-state index contributed by atoms with van der Waals surface area (Å²) in [5.41, 5.74) is -0.183. The fraction of sp³-hybridized carbons (Fsp3) is 0.692. The van der Waals surface area contributed by atoms with E-state index in [-0.39, 0.29) is 11.4 Å². The van der Waals surface area contributed by atoms with Crippen molar-refractivity contribution in [2.45, 2.75) is 39.0 Å². The number of carbonyl (C=O) groups is 2. The topological polar surface area (TPSA) is 43.4 Å². The van der Waals surface area contributed by atoms with Gasteiger partial charge in [0.25, 0.3) is 0 Å². The van der Waals surface area contributed by atoms with Gasteiger partial charge in [0.15, 0.2) is 0 Å². The summed E-state index contributed by atoms with van der Waals surface area (Å²) in [5.74, 6) is 1.82. The number of hydrogen-bond acceptors (Lipinski definition) is 3. The molecular weight excluding hydrogens is 204 g/mol. The van der Waals surface area contributed by atoms with E-state index in [4.69, 9.17) is 4.74 Å². The highest BCUT2D eigenvalue weighted by Gasteiger charge is 2.52. The van der Waals surface area contributed by atoms with Gasteiger partial charge in [-0.1, -0.05) is 6.92 Å². The Balaban J connectivity index is 1.96. The molecule has 1 aliphatic heterocycles. The van der Waals surface area contributed by atoms with Gasteiger partial charge in [-0.05, 0) is 31.3 Å². The summed E-state index contributed by atoms with van der Waals surface area (Å²) < 4.78 is 5.29. The summed E-state index contributed by atoms with van der Waals surface area (Å²) in [6.45, 7) is 2.08. The van der Waals surface area contributed by atoms with Crippen LogP contribution in [0.5, 0.6) is 0 Å². The molecule has 3 heteroatoms.